The number of likely N-dealkylation sites (tertiary alicyclic amines) is 1. The van der Waals surface area contributed by atoms with Crippen molar-refractivity contribution in [2.24, 2.45) is 0 Å². The fraction of sp³-hybridized carbons (Fsp3) is 0.255. The van der Waals surface area contributed by atoms with E-state index in [1.165, 1.54) is 0 Å². The van der Waals surface area contributed by atoms with Crippen LogP contribution < -0.4 is 25.6 Å². The lowest BCUT2D eigenvalue weighted by Crippen LogP contribution is -2.57. The summed E-state index contributed by atoms with van der Waals surface area (Å²) in [6.45, 7) is 3.10. The smallest absolute Gasteiger partial charge is 0.319 e. The summed E-state index contributed by atoms with van der Waals surface area (Å²) in [4.78, 5) is 30.9. The van der Waals surface area contributed by atoms with Crippen molar-refractivity contribution >= 4 is 23.3 Å². The molecule has 0 bridgehead atoms. The maximum Gasteiger partial charge on any atom is 0.319 e. The van der Waals surface area contributed by atoms with Crippen LogP contribution in [0.5, 0.6) is 11.5 Å². The number of hydrogen-bond acceptors (Lipinski definition) is 8. The van der Waals surface area contributed by atoms with E-state index in [0.29, 0.717) is 37.6 Å². The Kier molecular flexibility index (Phi) is 12.3. The van der Waals surface area contributed by atoms with Crippen molar-refractivity contribution in [1.29, 1.82) is 0 Å². The summed E-state index contributed by atoms with van der Waals surface area (Å²) < 4.78 is 19.4. The van der Waals surface area contributed by atoms with Crippen LogP contribution >= 0.6 is 0 Å². The topological polar surface area (TPSA) is 125 Å². The molecule has 3 heterocycles. The van der Waals surface area contributed by atoms with Gasteiger partial charge in [-0.15, -0.1) is 0 Å². The molecule has 3 atom stereocenters. The summed E-state index contributed by atoms with van der Waals surface area (Å²) >= 11 is 0. The number of aliphatic hydroxyl groups excluding tert-OH is 1. The number of piperidine rings is 1. The predicted octanol–water partition coefficient (Wildman–Crippen LogP) is 8.93. The van der Waals surface area contributed by atoms with Gasteiger partial charge in [0.2, 0.25) is 5.91 Å². The molecule has 3 amide bonds. The molecule has 0 radical (unpaired) electrons. The molecule has 3 aliphatic rings. The van der Waals surface area contributed by atoms with Crippen molar-refractivity contribution in [3.05, 3.63) is 180 Å². The number of para-hydroxylation sites is 2. The average Bonchev–Trinajstić information content (AvgIpc) is 3.64. The number of carbonyl (C=O) groups excluding carboxylic acids is 2. The van der Waals surface area contributed by atoms with Crippen molar-refractivity contribution < 1.29 is 28.9 Å². The van der Waals surface area contributed by atoms with Crippen LogP contribution in [0.15, 0.2) is 158 Å². The molecule has 0 aliphatic carbocycles. The minimum atomic E-state index is -0.617. The second-order valence-electron chi connectivity index (χ2n) is 16.2. The number of anilines is 2. The molecule has 0 saturated carbocycles. The van der Waals surface area contributed by atoms with Crippen LogP contribution in [0.4, 0.5) is 16.2 Å². The maximum atomic E-state index is 13.3. The van der Waals surface area contributed by atoms with Gasteiger partial charge in [0.05, 0.1) is 25.5 Å². The number of amides is 3. The van der Waals surface area contributed by atoms with Gasteiger partial charge in [-0.2, -0.15) is 0 Å². The van der Waals surface area contributed by atoms with E-state index in [4.69, 9.17) is 14.2 Å². The fourth-order valence-corrected chi connectivity index (χ4v) is 8.77. The van der Waals surface area contributed by atoms with Crippen LogP contribution in [0.25, 0.3) is 11.1 Å². The Morgan fingerprint density at radius 1 is 0.742 bits per heavy atom. The summed E-state index contributed by atoms with van der Waals surface area (Å²) in [6.07, 6.45) is 1.16. The van der Waals surface area contributed by atoms with Crippen molar-refractivity contribution in [2.45, 2.75) is 56.5 Å². The van der Waals surface area contributed by atoms with Crippen molar-refractivity contribution in [2.75, 3.05) is 36.5 Å². The van der Waals surface area contributed by atoms with Gasteiger partial charge in [0.1, 0.15) is 17.0 Å². The molecular formula is C51H51N5O6. The van der Waals surface area contributed by atoms with Gasteiger partial charge >= 0.3 is 6.03 Å². The normalized spacial score (nSPS) is 19.8. The molecule has 4 N–H and O–H groups in total. The SMILES string of the molecule is O=C(NCc1cccc(-c2cccc(C3OC(CN4CCC5(CC4)C(=O)NCN5c4ccccc4)CC(c4ccc(CO)cc4)O3)c2)c1)Nc1ccc(Oc2ccccc2)cc1. The van der Waals surface area contributed by atoms with Crippen molar-refractivity contribution in [3.8, 4) is 22.6 Å². The molecule has 0 aromatic heterocycles. The van der Waals surface area contributed by atoms with Gasteiger partial charge in [0, 0.05) is 49.5 Å². The van der Waals surface area contributed by atoms with Gasteiger partial charge in [0.15, 0.2) is 6.29 Å². The fourth-order valence-electron chi connectivity index (χ4n) is 8.77. The predicted molar refractivity (Wildman–Crippen MR) is 239 cm³/mol. The highest BCUT2D eigenvalue weighted by Gasteiger charge is 2.50. The summed E-state index contributed by atoms with van der Waals surface area (Å²) in [5, 5.41) is 18.7. The zero-order valence-corrected chi connectivity index (χ0v) is 34.5. The standard InChI is InChI=1S/C51H51N5O6/c57-34-36-17-19-38(20-18-36)47-31-46(33-55-27-25-51(26-28-55)49(58)53-35-56(51)43-13-3-1-4-14-43)61-48(62-47)41-12-8-11-40(30-41)39-10-7-9-37(29-39)32-52-50(59)54-42-21-23-45(24-22-42)60-44-15-5-2-6-16-44/h1-24,29-30,46-48,57H,25-28,31-35H2,(H,53,58)(H2,52,54,59). The Hall–Kier alpha value is -6.50. The highest BCUT2D eigenvalue weighted by atomic mass is 16.7. The lowest BCUT2D eigenvalue weighted by atomic mass is 9.85. The van der Waals surface area contributed by atoms with Crippen LogP contribution in [-0.2, 0) is 27.4 Å². The van der Waals surface area contributed by atoms with Crippen LogP contribution in [-0.4, -0.2) is 59.9 Å². The third kappa shape index (κ3) is 9.36. The summed E-state index contributed by atoms with van der Waals surface area (Å²) in [7, 11) is 0. The summed E-state index contributed by atoms with van der Waals surface area (Å²) in [6, 6.07) is 51.0. The molecule has 11 nitrogen and oxygen atoms in total. The molecule has 316 valence electrons. The third-order valence-corrected chi connectivity index (χ3v) is 12.1. The van der Waals surface area contributed by atoms with Gasteiger partial charge in [-0.25, -0.2) is 4.79 Å². The van der Waals surface area contributed by atoms with Gasteiger partial charge in [-0.3, -0.25) is 4.79 Å². The molecule has 11 heteroatoms. The van der Waals surface area contributed by atoms with E-state index in [1.807, 2.05) is 121 Å². The monoisotopic (exact) mass is 829 g/mol. The number of nitrogens with one attached hydrogen (secondary N) is 3. The number of aliphatic hydroxyl groups is 1. The van der Waals surface area contributed by atoms with E-state index in [9.17, 15) is 14.7 Å². The van der Waals surface area contributed by atoms with Crippen LogP contribution in [0.2, 0.25) is 0 Å². The zero-order chi connectivity index (χ0) is 42.3. The Balaban J connectivity index is 0.855. The van der Waals surface area contributed by atoms with Gasteiger partial charge < -0.3 is 45.1 Å². The molecule has 9 rings (SSSR count). The molecule has 6 aromatic carbocycles. The molecular weight excluding hydrogens is 779 g/mol. The molecule has 1 spiro atoms. The van der Waals surface area contributed by atoms with E-state index in [2.05, 4.69) is 62.1 Å². The molecule has 6 aromatic rings. The Morgan fingerprint density at radius 2 is 1.44 bits per heavy atom. The van der Waals surface area contributed by atoms with Crippen molar-refractivity contribution in [3.63, 3.8) is 0 Å². The quantitative estimate of drug-likeness (QED) is 0.0965. The number of nitrogens with zero attached hydrogens (tertiary/aromatic N) is 2. The third-order valence-electron chi connectivity index (χ3n) is 12.1. The summed E-state index contributed by atoms with van der Waals surface area (Å²) in [5.74, 6) is 1.53. The molecule has 3 aliphatic heterocycles. The molecule has 3 unspecified atom stereocenters. The first-order chi connectivity index (χ1) is 30.4. The second kappa shape index (κ2) is 18.6. The van der Waals surface area contributed by atoms with Gasteiger partial charge in [-0.1, -0.05) is 97.1 Å². The van der Waals surface area contributed by atoms with Crippen molar-refractivity contribution in [1.82, 2.24) is 15.5 Å². The number of benzene rings is 6. The number of hydrogen-bond donors (Lipinski definition) is 4. The zero-order valence-electron chi connectivity index (χ0n) is 34.5. The maximum absolute atomic E-state index is 13.3. The largest absolute Gasteiger partial charge is 0.457 e. The molecule has 3 saturated heterocycles. The second-order valence-corrected chi connectivity index (χ2v) is 16.2. The van der Waals surface area contributed by atoms with E-state index in [0.717, 1.165) is 70.7 Å². The minimum Gasteiger partial charge on any atom is -0.457 e. The number of urea groups is 1. The Labute approximate surface area is 362 Å². The molecule has 62 heavy (non-hydrogen) atoms. The average molecular weight is 830 g/mol. The first kappa shape index (κ1) is 40.9. The van der Waals surface area contributed by atoms with E-state index in [1.54, 1.807) is 0 Å². The Morgan fingerprint density at radius 3 is 2.18 bits per heavy atom. The number of carbonyl (C=O) groups is 2. The highest BCUT2D eigenvalue weighted by molar-refractivity contribution is 5.93. The molecule has 3 fully saturated rings. The first-order valence-corrected chi connectivity index (χ1v) is 21.3. The number of rotatable bonds is 12. The lowest BCUT2D eigenvalue weighted by Gasteiger charge is -2.45. The van der Waals surface area contributed by atoms with E-state index < -0.39 is 11.8 Å². The van der Waals surface area contributed by atoms with Crippen LogP contribution in [0, 0.1) is 0 Å². The number of ether oxygens (including phenoxy) is 3. The van der Waals surface area contributed by atoms with Crippen LogP contribution in [0.1, 0.15) is 53.9 Å². The highest BCUT2D eigenvalue weighted by Crippen LogP contribution is 2.41. The van der Waals surface area contributed by atoms with Gasteiger partial charge in [0.25, 0.3) is 0 Å². The minimum absolute atomic E-state index is 0.0198. The lowest BCUT2D eigenvalue weighted by molar-refractivity contribution is -0.253. The summed E-state index contributed by atoms with van der Waals surface area (Å²) in [5.41, 5.74) is 6.92. The van der Waals surface area contributed by atoms with Gasteiger partial charge in [-0.05, 0) is 101 Å². The Bertz CT molecular complexity index is 2440. The van der Waals surface area contributed by atoms with Crippen LogP contribution in [0.3, 0.4) is 0 Å². The first-order valence-electron chi connectivity index (χ1n) is 21.3. The van der Waals surface area contributed by atoms with E-state index >= 15 is 0 Å². The van der Waals surface area contributed by atoms with E-state index in [-0.39, 0.29) is 30.8 Å².